The van der Waals surface area contributed by atoms with Crippen molar-refractivity contribution in [1.82, 2.24) is 15.1 Å². The molecule has 4 rings (SSSR count). The van der Waals surface area contributed by atoms with Gasteiger partial charge >= 0.3 is 0 Å². The number of methoxy groups -OCH3 is 2. The molecule has 8 nitrogen and oxygen atoms in total. The number of anilines is 1. The number of hydrogen-bond donors (Lipinski definition) is 1. The molecule has 3 heterocycles. The Balaban J connectivity index is 1.59. The molecule has 1 aromatic carbocycles. The minimum atomic E-state index is -0.0733. The van der Waals surface area contributed by atoms with E-state index < -0.39 is 0 Å². The molecular weight excluding hydrogens is 372 g/mol. The molecule has 1 aliphatic rings. The first-order valence-electron chi connectivity index (χ1n) is 9.54. The molecule has 1 atom stereocenters. The van der Waals surface area contributed by atoms with E-state index >= 15 is 0 Å². The summed E-state index contributed by atoms with van der Waals surface area (Å²) in [5.74, 6) is 2.64. The molecule has 2 aromatic heterocycles. The normalized spacial score (nSPS) is 16.0. The number of hydrogen-bond acceptors (Lipinski definition) is 8. The Morgan fingerprint density at radius 3 is 2.55 bits per heavy atom. The third-order valence-electron chi connectivity index (χ3n) is 4.81. The van der Waals surface area contributed by atoms with Crippen molar-refractivity contribution in [3.8, 4) is 22.8 Å². The lowest BCUT2D eigenvalue weighted by Gasteiger charge is -2.14. The second-order valence-electron chi connectivity index (χ2n) is 6.90. The molecular formula is C21H24N4O4. The molecule has 3 aromatic rings. The molecule has 1 saturated heterocycles. The summed E-state index contributed by atoms with van der Waals surface area (Å²) in [6.07, 6.45) is 3.62. The molecule has 152 valence electrons. The molecule has 0 bridgehead atoms. The number of ether oxygens (including phenoxy) is 3. The Morgan fingerprint density at radius 2 is 1.93 bits per heavy atom. The van der Waals surface area contributed by atoms with Crippen LogP contribution in [0.3, 0.4) is 0 Å². The van der Waals surface area contributed by atoms with E-state index in [0.29, 0.717) is 18.3 Å². The Bertz CT molecular complexity index is 960. The standard InChI is InChI=1S/C21H24N4O4/c1-13-7-19(29-25-13)17-12-23-21(24-20(17)18-5-4-6-28-18)22-11-14-8-15(26-2)10-16(9-14)27-3/h7-10,12,18H,4-6,11H2,1-3H3,(H,22,23,24)/t18-/m1/s1. The van der Waals surface area contributed by atoms with Gasteiger partial charge in [-0.2, -0.15) is 0 Å². The molecule has 0 unspecified atom stereocenters. The maximum absolute atomic E-state index is 5.87. The summed E-state index contributed by atoms with van der Waals surface area (Å²) in [7, 11) is 3.26. The van der Waals surface area contributed by atoms with Crippen molar-refractivity contribution in [2.24, 2.45) is 0 Å². The monoisotopic (exact) mass is 396 g/mol. The minimum Gasteiger partial charge on any atom is -0.497 e. The SMILES string of the molecule is COc1cc(CNc2ncc(-c3cc(C)no3)c([C@H]3CCCO3)n2)cc(OC)c1. The highest BCUT2D eigenvalue weighted by Crippen LogP contribution is 2.35. The molecule has 0 aliphatic carbocycles. The van der Waals surface area contributed by atoms with Crippen molar-refractivity contribution in [3.05, 3.63) is 47.4 Å². The van der Waals surface area contributed by atoms with Gasteiger partial charge in [-0.15, -0.1) is 0 Å². The van der Waals surface area contributed by atoms with Crippen LogP contribution in [-0.2, 0) is 11.3 Å². The van der Waals surface area contributed by atoms with E-state index in [1.165, 1.54) is 0 Å². The number of nitrogens with one attached hydrogen (secondary N) is 1. The second-order valence-corrected chi connectivity index (χ2v) is 6.90. The summed E-state index contributed by atoms with van der Waals surface area (Å²) in [6, 6.07) is 7.61. The van der Waals surface area contributed by atoms with Crippen LogP contribution >= 0.6 is 0 Å². The average Bonchev–Trinajstić information content (AvgIpc) is 3.43. The third kappa shape index (κ3) is 4.32. The van der Waals surface area contributed by atoms with Crippen molar-refractivity contribution >= 4 is 5.95 Å². The Hall–Kier alpha value is -3.13. The summed E-state index contributed by atoms with van der Waals surface area (Å²) in [4.78, 5) is 9.21. The van der Waals surface area contributed by atoms with Gasteiger partial charge in [0, 0.05) is 31.5 Å². The first-order valence-corrected chi connectivity index (χ1v) is 9.54. The van der Waals surface area contributed by atoms with Crippen LogP contribution in [0.5, 0.6) is 11.5 Å². The number of aromatic nitrogens is 3. The van der Waals surface area contributed by atoms with Crippen LogP contribution in [0, 0.1) is 6.92 Å². The van der Waals surface area contributed by atoms with Crippen molar-refractivity contribution in [2.75, 3.05) is 26.1 Å². The van der Waals surface area contributed by atoms with Gasteiger partial charge in [0.1, 0.15) is 17.6 Å². The van der Waals surface area contributed by atoms with Crippen LogP contribution in [0.15, 0.2) is 35.0 Å². The first-order chi connectivity index (χ1) is 14.2. The molecule has 0 spiro atoms. The zero-order chi connectivity index (χ0) is 20.2. The van der Waals surface area contributed by atoms with Gasteiger partial charge in [0.05, 0.1) is 31.2 Å². The van der Waals surface area contributed by atoms with Gasteiger partial charge in [0.25, 0.3) is 0 Å². The largest absolute Gasteiger partial charge is 0.497 e. The lowest BCUT2D eigenvalue weighted by atomic mass is 10.1. The highest BCUT2D eigenvalue weighted by atomic mass is 16.5. The molecule has 1 N–H and O–H groups in total. The van der Waals surface area contributed by atoms with Gasteiger partial charge in [-0.3, -0.25) is 0 Å². The van der Waals surface area contributed by atoms with Crippen molar-refractivity contribution < 1.29 is 18.7 Å². The summed E-state index contributed by atoms with van der Waals surface area (Å²) < 4.78 is 22.0. The van der Waals surface area contributed by atoms with Gasteiger partial charge < -0.3 is 24.1 Å². The predicted molar refractivity (Wildman–Crippen MR) is 107 cm³/mol. The van der Waals surface area contributed by atoms with Gasteiger partial charge in [-0.25, -0.2) is 9.97 Å². The lowest BCUT2D eigenvalue weighted by Crippen LogP contribution is -2.09. The van der Waals surface area contributed by atoms with E-state index in [9.17, 15) is 0 Å². The molecule has 0 radical (unpaired) electrons. The van der Waals surface area contributed by atoms with Crippen molar-refractivity contribution in [1.29, 1.82) is 0 Å². The number of aryl methyl sites for hydroxylation is 1. The quantitative estimate of drug-likeness (QED) is 0.642. The molecule has 0 amide bonds. The van der Waals surface area contributed by atoms with Crippen LogP contribution in [0.4, 0.5) is 5.95 Å². The summed E-state index contributed by atoms with van der Waals surface area (Å²) in [5.41, 5.74) is 3.44. The smallest absolute Gasteiger partial charge is 0.223 e. The van der Waals surface area contributed by atoms with E-state index in [1.54, 1.807) is 20.4 Å². The van der Waals surface area contributed by atoms with Gasteiger partial charge in [0.2, 0.25) is 5.95 Å². The maximum Gasteiger partial charge on any atom is 0.223 e. The molecule has 1 aliphatic heterocycles. The third-order valence-corrected chi connectivity index (χ3v) is 4.81. The van der Waals surface area contributed by atoms with Gasteiger partial charge in [0.15, 0.2) is 5.76 Å². The first kappa shape index (κ1) is 19.2. The zero-order valence-electron chi connectivity index (χ0n) is 16.8. The van der Waals surface area contributed by atoms with E-state index in [4.69, 9.17) is 23.7 Å². The van der Waals surface area contributed by atoms with Gasteiger partial charge in [-0.1, -0.05) is 5.16 Å². The number of rotatable bonds is 7. The van der Waals surface area contributed by atoms with Crippen LogP contribution in [0.1, 0.15) is 35.9 Å². The van der Waals surface area contributed by atoms with E-state index in [0.717, 1.165) is 53.5 Å². The van der Waals surface area contributed by atoms with E-state index in [1.807, 2.05) is 31.2 Å². The fourth-order valence-corrected chi connectivity index (χ4v) is 3.35. The zero-order valence-corrected chi connectivity index (χ0v) is 16.8. The van der Waals surface area contributed by atoms with E-state index in [2.05, 4.69) is 15.5 Å². The summed E-state index contributed by atoms with van der Waals surface area (Å²) in [6.45, 7) is 3.15. The predicted octanol–water partition coefficient (Wildman–Crippen LogP) is 3.92. The lowest BCUT2D eigenvalue weighted by molar-refractivity contribution is 0.109. The highest BCUT2D eigenvalue weighted by Gasteiger charge is 2.25. The molecule has 29 heavy (non-hydrogen) atoms. The topological polar surface area (TPSA) is 91.5 Å². The maximum atomic E-state index is 5.87. The number of nitrogens with zero attached hydrogens (tertiary/aromatic N) is 3. The molecule has 0 saturated carbocycles. The minimum absolute atomic E-state index is 0.0733. The van der Waals surface area contributed by atoms with Crippen LogP contribution in [-0.4, -0.2) is 36.0 Å². The van der Waals surface area contributed by atoms with E-state index in [-0.39, 0.29) is 6.10 Å². The molecule has 8 heteroatoms. The van der Waals surface area contributed by atoms with Gasteiger partial charge in [-0.05, 0) is 37.5 Å². The fourth-order valence-electron chi connectivity index (χ4n) is 3.35. The average molecular weight is 396 g/mol. The molecule has 1 fully saturated rings. The fraction of sp³-hybridized carbons (Fsp3) is 0.381. The second kappa shape index (κ2) is 8.48. The Labute approximate surface area is 169 Å². The van der Waals surface area contributed by atoms with Crippen molar-refractivity contribution in [2.45, 2.75) is 32.4 Å². The Kier molecular flexibility index (Phi) is 5.62. The number of benzene rings is 1. The van der Waals surface area contributed by atoms with Crippen molar-refractivity contribution in [3.63, 3.8) is 0 Å². The summed E-state index contributed by atoms with van der Waals surface area (Å²) in [5, 5.41) is 7.26. The van der Waals surface area contributed by atoms with Crippen LogP contribution < -0.4 is 14.8 Å². The van der Waals surface area contributed by atoms with Crippen LogP contribution in [0.2, 0.25) is 0 Å². The van der Waals surface area contributed by atoms with Crippen LogP contribution in [0.25, 0.3) is 11.3 Å². The Morgan fingerprint density at radius 1 is 1.14 bits per heavy atom. The highest BCUT2D eigenvalue weighted by molar-refractivity contribution is 5.61. The summed E-state index contributed by atoms with van der Waals surface area (Å²) >= 11 is 0.